The molecule has 1 aromatic rings. The second-order valence-corrected chi connectivity index (χ2v) is 6.31. The third-order valence-electron chi connectivity index (χ3n) is 4.68. The summed E-state index contributed by atoms with van der Waals surface area (Å²) in [5.41, 5.74) is 0.996. The highest BCUT2D eigenvalue weighted by molar-refractivity contribution is 5.83. The first-order valence-electron chi connectivity index (χ1n) is 8.48. The molecule has 1 aliphatic heterocycles. The molecule has 1 aliphatic rings. The zero-order valence-electron chi connectivity index (χ0n) is 13.4. The van der Waals surface area contributed by atoms with E-state index in [1.165, 1.54) is 18.4 Å². The number of cyclic esters (lactones) is 1. The second-order valence-electron chi connectivity index (χ2n) is 6.31. The van der Waals surface area contributed by atoms with Crippen LogP contribution in [0.25, 0.3) is 0 Å². The van der Waals surface area contributed by atoms with Crippen LogP contribution in [0.1, 0.15) is 64.4 Å². The molecule has 0 bridgehead atoms. The van der Waals surface area contributed by atoms with Crippen LogP contribution in [0.4, 0.5) is 0 Å². The van der Waals surface area contributed by atoms with Gasteiger partial charge in [0.05, 0.1) is 0 Å². The third-order valence-corrected chi connectivity index (χ3v) is 4.68. The minimum atomic E-state index is -0.259. The van der Waals surface area contributed by atoms with Gasteiger partial charge >= 0.3 is 5.97 Å². The highest BCUT2D eigenvalue weighted by atomic mass is 16.6. The predicted octanol–water partition coefficient (Wildman–Crippen LogP) is 4.91. The first-order valence-corrected chi connectivity index (χ1v) is 8.48. The molecule has 0 saturated carbocycles. The van der Waals surface area contributed by atoms with Crippen molar-refractivity contribution < 1.29 is 9.53 Å². The summed E-state index contributed by atoms with van der Waals surface area (Å²) in [6.45, 7) is 4.40. The van der Waals surface area contributed by atoms with Gasteiger partial charge in [-0.1, -0.05) is 69.9 Å². The molecule has 0 unspecified atom stereocenters. The molecule has 1 heterocycles. The minimum Gasteiger partial charge on any atom is -0.461 e. The van der Waals surface area contributed by atoms with Gasteiger partial charge in [0.15, 0.2) is 0 Å². The molecular weight excluding hydrogens is 260 g/mol. The molecular formula is C19H28O2. The van der Waals surface area contributed by atoms with E-state index in [1.807, 2.05) is 6.07 Å². The van der Waals surface area contributed by atoms with E-state index in [2.05, 4.69) is 38.1 Å². The van der Waals surface area contributed by atoms with Gasteiger partial charge in [-0.05, 0) is 31.2 Å². The monoisotopic (exact) mass is 288 g/mol. The fraction of sp³-hybridized carbons (Fsp3) is 0.632. The van der Waals surface area contributed by atoms with Crippen molar-refractivity contribution in [2.45, 2.75) is 71.3 Å². The maximum Gasteiger partial charge on any atom is 0.316 e. The molecule has 0 amide bonds. The molecule has 2 nitrogen and oxygen atoms in total. The quantitative estimate of drug-likeness (QED) is 0.476. The van der Waals surface area contributed by atoms with Gasteiger partial charge in [0.1, 0.15) is 11.5 Å². The average molecular weight is 288 g/mol. The Morgan fingerprint density at radius 1 is 1.05 bits per heavy atom. The van der Waals surface area contributed by atoms with E-state index in [1.54, 1.807) is 0 Å². The van der Waals surface area contributed by atoms with Crippen molar-refractivity contribution in [3.63, 3.8) is 0 Å². The molecule has 1 fully saturated rings. The molecule has 0 aromatic heterocycles. The molecule has 0 spiro atoms. The van der Waals surface area contributed by atoms with Crippen LogP contribution in [0.2, 0.25) is 0 Å². The van der Waals surface area contributed by atoms with Gasteiger partial charge in [-0.15, -0.1) is 0 Å². The van der Waals surface area contributed by atoms with Gasteiger partial charge in [0.2, 0.25) is 0 Å². The minimum absolute atomic E-state index is 0.0290. The van der Waals surface area contributed by atoms with E-state index in [0.29, 0.717) is 0 Å². The summed E-state index contributed by atoms with van der Waals surface area (Å²) in [6, 6.07) is 10.4. The lowest BCUT2D eigenvalue weighted by atomic mass is 9.68. The molecule has 21 heavy (non-hydrogen) atoms. The topological polar surface area (TPSA) is 26.3 Å². The molecule has 0 N–H and O–H groups in total. The van der Waals surface area contributed by atoms with Gasteiger partial charge in [-0.2, -0.15) is 0 Å². The number of unbranched alkanes of at least 4 members (excludes halogenated alkanes) is 3. The smallest absolute Gasteiger partial charge is 0.316 e. The lowest BCUT2D eigenvalue weighted by Gasteiger charge is -2.47. The average Bonchev–Trinajstić information content (AvgIpc) is 2.51. The van der Waals surface area contributed by atoms with E-state index < -0.39 is 0 Å². The van der Waals surface area contributed by atoms with Crippen LogP contribution in [0.5, 0.6) is 0 Å². The van der Waals surface area contributed by atoms with Crippen molar-refractivity contribution in [3.8, 4) is 0 Å². The zero-order chi connectivity index (χ0) is 15.1. The van der Waals surface area contributed by atoms with Gasteiger partial charge in [-0.25, -0.2) is 0 Å². The SMILES string of the molecule is CCCCC[C@@H]1OC(=O)[C@@]1(CCCC)Cc1ccccc1. The molecule has 1 aromatic carbocycles. The summed E-state index contributed by atoms with van der Waals surface area (Å²) in [7, 11) is 0. The number of hydrogen-bond acceptors (Lipinski definition) is 2. The first kappa shape index (κ1) is 16.1. The van der Waals surface area contributed by atoms with Crippen LogP contribution in [-0.4, -0.2) is 12.1 Å². The molecule has 2 rings (SSSR count). The van der Waals surface area contributed by atoms with Gasteiger partial charge < -0.3 is 4.74 Å². The summed E-state index contributed by atoms with van der Waals surface area (Å²) in [6.07, 6.45) is 8.79. The van der Waals surface area contributed by atoms with Crippen LogP contribution in [0.15, 0.2) is 30.3 Å². The van der Waals surface area contributed by atoms with Crippen molar-refractivity contribution in [2.75, 3.05) is 0 Å². The van der Waals surface area contributed by atoms with Crippen LogP contribution in [-0.2, 0) is 16.0 Å². The normalized spacial score (nSPS) is 24.5. The van der Waals surface area contributed by atoms with Crippen LogP contribution in [0, 0.1) is 5.41 Å². The maximum absolute atomic E-state index is 12.3. The number of rotatable bonds is 9. The third kappa shape index (κ3) is 3.66. The Kier molecular flexibility index (Phi) is 5.84. The standard InChI is InChI=1S/C19H28O2/c1-3-5-8-13-17-19(14-6-4-2,18(20)21-17)15-16-11-9-7-10-12-16/h7,9-12,17H,3-6,8,13-15H2,1-2H3/t17-,19-/m0/s1. The lowest BCUT2D eigenvalue weighted by Crippen LogP contribution is -2.57. The largest absolute Gasteiger partial charge is 0.461 e. The Balaban J connectivity index is 2.09. The van der Waals surface area contributed by atoms with E-state index in [-0.39, 0.29) is 17.5 Å². The van der Waals surface area contributed by atoms with E-state index in [9.17, 15) is 4.79 Å². The maximum atomic E-state index is 12.3. The number of benzene rings is 1. The Hall–Kier alpha value is -1.31. The van der Waals surface area contributed by atoms with Crippen LogP contribution >= 0.6 is 0 Å². The fourth-order valence-corrected chi connectivity index (χ4v) is 3.34. The van der Waals surface area contributed by atoms with E-state index >= 15 is 0 Å². The summed E-state index contributed by atoms with van der Waals surface area (Å²) < 4.78 is 5.53. The Morgan fingerprint density at radius 3 is 2.38 bits per heavy atom. The Morgan fingerprint density at radius 2 is 1.76 bits per heavy atom. The molecule has 0 radical (unpaired) electrons. The number of esters is 1. The van der Waals surface area contributed by atoms with Gasteiger partial charge in [0.25, 0.3) is 0 Å². The van der Waals surface area contributed by atoms with Crippen molar-refractivity contribution in [1.29, 1.82) is 0 Å². The molecule has 2 atom stereocenters. The fourth-order valence-electron chi connectivity index (χ4n) is 3.34. The lowest BCUT2D eigenvalue weighted by molar-refractivity contribution is -0.210. The highest BCUT2D eigenvalue weighted by Gasteiger charge is 2.56. The highest BCUT2D eigenvalue weighted by Crippen LogP contribution is 2.46. The van der Waals surface area contributed by atoms with Gasteiger partial charge in [0, 0.05) is 0 Å². The Bertz CT molecular complexity index is 440. The summed E-state index contributed by atoms with van der Waals surface area (Å²) >= 11 is 0. The molecule has 2 heteroatoms. The summed E-state index contributed by atoms with van der Waals surface area (Å²) in [5, 5.41) is 0. The van der Waals surface area contributed by atoms with Crippen LogP contribution < -0.4 is 0 Å². The summed E-state index contributed by atoms with van der Waals surface area (Å²) in [5.74, 6) is 0.0290. The number of carbonyl (C=O) groups is 1. The van der Waals surface area contributed by atoms with Crippen molar-refractivity contribution in [1.82, 2.24) is 0 Å². The Labute approximate surface area is 128 Å². The van der Waals surface area contributed by atoms with Gasteiger partial charge in [-0.3, -0.25) is 4.79 Å². The molecule has 116 valence electrons. The summed E-state index contributed by atoms with van der Waals surface area (Å²) in [4.78, 5) is 12.3. The first-order chi connectivity index (χ1) is 10.2. The van der Waals surface area contributed by atoms with Crippen molar-refractivity contribution >= 4 is 5.97 Å². The predicted molar refractivity (Wildman–Crippen MR) is 86.1 cm³/mol. The van der Waals surface area contributed by atoms with Crippen LogP contribution in [0.3, 0.4) is 0 Å². The number of carbonyl (C=O) groups excluding carboxylic acids is 1. The van der Waals surface area contributed by atoms with E-state index in [4.69, 9.17) is 4.74 Å². The second kappa shape index (κ2) is 7.63. The van der Waals surface area contributed by atoms with E-state index in [0.717, 1.165) is 38.5 Å². The number of ether oxygens (including phenoxy) is 1. The molecule has 1 saturated heterocycles. The number of hydrogen-bond donors (Lipinski definition) is 0. The molecule has 0 aliphatic carbocycles. The zero-order valence-corrected chi connectivity index (χ0v) is 13.4. The van der Waals surface area contributed by atoms with Crippen molar-refractivity contribution in [2.24, 2.45) is 5.41 Å². The van der Waals surface area contributed by atoms with Crippen molar-refractivity contribution in [3.05, 3.63) is 35.9 Å².